The summed E-state index contributed by atoms with van der Waals surface area (Å²) in [5.41, 5.74) is 0.220. The Hall–Kier alpha value is -0.0503. The number of benzene rings is 1. The molecule has 0 atom stereocenters. The molecule has 1 rings (SSSR count). The largest absolute Gasteiger partial charge is 2.00 e. The van der Waals surface area contributed by atoms with Gasteiger partial charge in [-0.3, -0.25) is 0 Å². The van der Waals surface area contributed by atoms with Gasteiger partial charge in [0.05, 0.1) is 5.97 Å². The molecule has 0 spiro atoms. The third-order valence-electron chi connectivity index (χ3n) is 1.01. The fourth-order valence-corrected chi connectivity index (χ4v) is 0.574. The first-order valence-corrected chi connectivity index (χ1v) is 2.57. The molecule has 1 aromatic carbocycles. The van der Waals surface area contributed by atoms with Gasteiger partial charge in [-0.25, -0.2) is 0 Å². The topological polar surface area (TPSA) is 40.1 Å². The number of hydrogen-bond acceptors (Lipinski definition) is 2. The van der Waals surface area contributed by atoms with Gasteiger partial charge in [0.25, 0.3) is 0 Å². The maximum absolute atomic E-state index is 10.1. The van der Waals surface area contributed by atoms with Crippen LogP contribution in [0, 0.1) is 0 Å². The second-order valence-corrected chi connectivity index (χ2v) is 1.65. The van der Waals surface area contributed by atoms with Crippen LogP contribution in [-0.4, -0.2) is 43.7 Å². The van der Waals surface area contributed by atoms with E-state index in [0.29, 0.717) is 0 Å². The van der Waals surface area contributed by atoms with E-state index in [1.807, 2.05) is 0 Å². The van der Waals surface area contributed by atoms with Gasteiger partial charge in [-0.15, -0.1) is 0 Å². The molecule has 0 aromatic heterocycles. The molecule has 0 bridgehead atoms. The third-order valence-corrected chi connectivity index (χ3v) is 1.01. The summed E-state index contributed by atoms with van der Waals surface area (Å²) in [6.45, 7) is 0. The third kappa shape index (κ3) is 2.69. The van der Waals surface area contributed by atoms with Crippen LogP contribution >= 0.6 is 0 Å². The molecule has 0 saturated carbocycles. The summed E-state index contributed by atoms with van der Waals surface area (Å²) in [5, 5.41) is 10.1. The molecule has 46 valence electrons. The Bertz CT molecular complexity index is 208. The Morgan fingerprint density at radius 2 is 1.70 bits per heavy atom. The van der Waals surface area contributed by atoms with Crippen LogP contribution in [0.5, 0.6) is 0 Å². The summed E-state index contributed by atoms with van der Waals surface area (Å²) < 4.78 is 0. The van der Waals surface area contributed by atoms with Crippen LogP contribution in [-0.2, 0) is 0 Å². The SMILES string of the molecule is O=C([O-])c1ccccc1.[Ca+2]. The summed E-state index contributed by atoms with van der Waals surface area (Å²) in [6.07, 6.45) is 0. The standard InChI is InChI=1S/C7H6O2.Ca/c8-7(9)6-4-2-1-3-5-6;/h1-5H,(H,8,9);/q;+2/p-1. The van der Waals surface area contributed by atoms with Crippen molar-refractivity contribution in [3.63, 3.8) is 0 Å². The Morgan fingerprint density at radius 3 is 2.00 bits per heavy atom. The average Bonchev–Trinajstić information content (AvgIpc) is 1.90. The monoisotopic (exact) mass is 161 g/mol. The van der Waals surface area contributed by atoms with Gasteiger partial charge < -0.3 is 9.90 Å². The quantitative estimate of drug-likeness (QED) is 0.529. The predicted molar refractivity (Wildman–Crippen MR) is 36.5 cm³/mol. The zero-order chi connectivity index (χ0) is 6.69. The zero-order valence-electron chi connectivity index (χ0n) is 5.41. The van der Waals surface area contributed by atoms with Crippen LogP contribution in [0.2, 0.25) is 0 Å². The number of carbonyl (C=O) groups excluding carboxylic acids is 1. The summed E-state index contributed by atoms with van der Waals surface area (Å²) in [5.74, 6) is -1.13. The first kappa shape index (κ1) is 9.95. The van der Waals surface area contributed by atoms with Gasteiger partial charge >= 0.3 is 37.7 Å². The summed E-state index contributed by atoms with van der Waals surface area (Å²) in [4.78, 5) is 10.1. The molecule has 0 saturated heterocycles. The second kappa shape index (κ2) is 4.72. The number of aromatic carboxylic acids is 1. The smallest absolute Gasteiger partial charge is 0.545 e. The van der Waals surface area contributed by atoms with Crippen molar-refractivity contribution in [3.8, 4) is 0 Å². The number of carbonyl (C=O) groups is 1. The van der Waals surface area contributed by atoms with Crippen LogP contribution < -0.4 is 5.11 Å². The van der Waals surface area contributed by atoms with Crippen molar-refractivity contribution in [1.82, 2.24) is 0 Å². The van der Waals surface area contributed by atoms with Crippen molar-refractivity contribution >= 4 is 43.7 Å². The molecule has 3 heteroatoms. The maximum Gasteiger partial charge on any atom is 2.00 e. The van der Waals surface area contributed by atoms with Crippen LogP contribution in [0.4, 0.5) is 0 Å². The number of carboxylic acids is 1. The molecule has 0 heterocycles. The van der Waals surface area contributed by atoms with Gasteiger partial charge in [-0.1, -0.05) is 30.3 Å². The molecule has 10 heavy (non-hydrogen) atoms. The van der Waals surface area contributed by atoms with E-state index in [2.05, 4.69) is 0 Å². The molecule has 0 amide bonds. The van der Waals surface area contributed by atoms with Gasteiger partial charge in [-0.05, 0) is 5.56 Å². The van der Waals surface area contributed by atoms with E-state index in [9.17, 15) is 9.90 Å². The summed E-state index contributed by atoms with van der Waals surface area (Å²) in [7, 11) is 0. The van der Waals surface area contributed by atoms with Gasteiger partial charge in [0.15, 0.2) is 0 Å². The zero-order valence-corrected chi connectivity index (χ0v) is 7.62. The fourth-order valence-electron chi connectivity index (χ4n) is 0.574. The molecule has 0 radical (unpaired) electrons. The molecule has 1 aromatic rings. The van der Waals surface area contributed by atoms with Crippen LogP contribution in [0.1, 0.15) is 10.4 Å². The first-order valence-electron chi connectivity index (χ1n) is 2.57. The predicted octanol–water partition coefficient (Wildman–Crippen LogP) is -0.331. The van der Waals surface area contributed by atoms with E-state index < -0.39 is 5.97 Å². The van der Waals surface area contributed by atoms with Crippen molar-refractivity contribution in [1.29, 1.82) is 0 Å². The van der Waals surface area contributed by atoms with Crippen molar-refractivity contribution in [2.45, 2.75) is 0 Å². The van der Waals surface area contributed by atoms with E-state index in [0.717, 1.165) is 0 Å². The van der Waals surface area contributed by atoms with Gasteiger partial charge in [0.2, 0.25) is 0 Å². The minimum absolute atomic E-state index is 0. The maximum atomic E-state index is 10.1. The average molecular weight is 161 g/mol. The fraction of sp³-hybridized carbons (Fsp3) is 0. The van der Waals surface area contributed by atoms with Crippen molar-refractivity contribution in [3.05, 3.63) is 35.9 Å². The molecule has 0 aliphatic carbocycles. The minimum atomic E-state index is -1.13. The van der Waals surface area contributed by atoms with Gasteiger partial charge in [-0.2, -0.15) is 0 Å². The Labute approximate surface area is 88.9 Å². The van der Waals surface area contributed by atoms with Crippen molar-refractivity contribution < 1.29 is 9.90 Å². The Kier molecular flexibility index (Phi) is 4.69. The Morgan fingerprint density at radius 1 is 1.20 bits per heavy atom. The first-order chi connectivity index (χ1) is 4.30. The molecule has 0 N–H and O–H groups in total. The molecule has 0 aliphatic heterocycles. The number of hydrogen-bond donors (Lipinski definition) is 0. The van der Waals surface area contributed by atoms with Crippen LogP contribution in [0.3, 0.4) is 0 Å². The molecule has 2 nitrogen and oxygen atoms in total. The van der Waals surface area contributed by atoms with Gasteiger partial charge in [0.1, 0.15) is 0 Å². The molecule has 0 aliphatic rings. The van der Waals surface area contributed by atoms with E-state index in [4.69, 9.17) is 0 Å². The van der Waals surface area contributed by atoms with E-state index in [1.54, 1.807) is 18.2 Å². The van der Waals surface area contributed by atoms with E-state index >= 15 is 0 Å². The van der Waals surface area contributed by atoms with E-state index in [1.165, 1.54) is 12.1 Å². The van der Waals surface area contributed by atoms with Crippen LogP contribution in [0.25, 0.3) is 0 Å². The molecular formula is C7H5CaO2+. The van der Waals surface area contributed by atoms with Crippen molar-refractivity contribution in [2.75, 3.05) is 0 Å². The normalized spacial score (nSPS) is 8.00. The second-order valence-electron chi connectivity index (χ2n) is 1.65. The summed E-state index contributed by atoms with van der Waals surface area (Å²) in [6, 6.07) is 8.06. The molecule has 0 unspecified atom stereocenters. The number of carboxylic acid groups (broad SMARTS) is 1. The van der Waals surface area contributed by atoms with Crippen molar-refractivity contribution in [2.24, 2.45) is 0 Å². The number of rotatable bonds is 1. The van der Waals surface area contributed by atoms with Gasteiger partial charge in [0, 0.05) is 0 Å². The minimum Gasteiger partial charge on any atom is -0.545 e. The Balaban J connectivity index is 0.000000810. The summed E-state index contributed by atoms with van der Waals surface area (Å²) >= 11 is 0. The van der Waals surface area contributed by atoms with Crippen LogP contribution in [0.15, 0.2) is 30.3 Å². The molecular weight excluding hydrogens is 156 g/mol. The molecule has 0 fully saturated rings. The van der Waals surface area contributed by atoms with E-state index in [-0.39, 0.29) is 43.3 Å².